The number of hydrogen-bond acceptors (Lipinski definition) is 4. The first-order valence-electron chi connectivity index (χ1n) is 23.6. The second-order valence-corrected chi connectivity index (χ2v) is 18.0. The molecule has 0 amide bonds. The molecule has 69 heavy (non-hydrogen) atoms. The quantitative estimate of drug-likeness (QED) is 0.160. The van der Waals surface area contributed by atoms with Gasteiger partial charge in [-0.1, -0.05) is 194 Å². The molecule has 0 bridgehead atoms. The van der Waals surface area contributed by atoms with Crippen LogP contribution >= 0.6 is 0 Å². The lowest BCUT2D eigenvalue weighted by Gasteiger charge is -2.28. The van der Waals surface area contributed by atoms with Gasteiger partial charge in [-0.05, 0) is 76.4 Å². The minimum atomic E-state index is -0.121. The van der Waals surface area contributed by atoms with Gasteiger partial charge < -0.3 is 14.0 Å². The zero-order valence-electron chi connectivity index (χ0n) is 37.4. The Hall–Kier alpha value is -9.13. The number of hydrogen-bond donors (Lipinski definition) is 0. The lowest BCUT2D eigenvalue weighted by atomic mass is 9.90. The molecule has 324 valence electrons. The third-order valence-corrected chi connectivity index (χ3v) is 14.1. The Labute approximate surface area is 399 Å². The van der Waals surface area contributed by atoms with E-state index in [1.165, 1.54) is 71.4 Å². The number of rotatable bonds is 7. The highest BCUT2D eigenvalue weighted by Crippen LogP contribution is 2.50. The van der Waals surface area contributed by atoms with E-state index in [-0.39, 0.29) is 12.0 Å². The van der Waals surface area contributed by atoms with Crippen molar-refractivity contribution < 1.29 is 0 Å². The van der Waals surface area contributed by atoms with E-state index in [2.05, 4.69) is 220 Å². The molecule has 0 saturated heterocycles. The molecule has 0 saturated carbocycles. The van der Waals surface area contributed by atoms with Gasteiger partial charge >= 0.3 is 0 Å². The van der Waals surface area contributed by atoms with Crippen molar-refractivity contribution in [3.05, 3.63) is 248 Å². The van der Waals surface area contributed by atoms with Crippen LogP contribution in [0.2, 0.25) is 0 Å². The molecule has 0 N–H and O–H groups in total. The SMILES string of the molecule is C1=CC2C(C=C1n1c3ccccc3c3ccc(-c4ccccc4)cc31)c1cc(-n3c4ccccc4c4ccc(-c5ccccc5)cc43)ccc1N2c1nc(-c2ccccc2)nc(-c2ccccc2)n1. The van der Waals surface area contributed by atoms with Gasteiger partial charge in [-0.15, -0.1) is 0 Å². The summed E-state index contributed by atoms with van der Waals surface area (Å²) < 4.78 is 4.90. The van der Waals surface area contributed by atoms with E-state index in [0.717, 1.165) is 28.2 Å². The number of aromatic nitrogens is 5. The van der Waals surface area contributed by atoms with Crippen molar-refractivity contribution in [3.63, 3.8) is 0 Å². The molecular weight excluding hydrogens is 841 g/mol. The van der Waals surface area contributed by atoms with E-state index < -0.39 is 0 Å². The predicted molar refractivity (Wildman–Crippen MR) is 284 cm³/mol. The summed E-state index contributed by atoms with van der Waals surface area (Å²) in [6.07, 6.45) is 7.14. The average Bonchev–Trinajstić information content (AvgIpc) is 4.06. The van der Waals surface area contributed by atoms with Gasteiger partial charge in [0.05, 0.1) is 28.1 Å². The second-order valence-electron chi connectivity index (χ2n) is 18.0. The third-order valence-electron chi connectivity index (χ3n) is 14.1. The summed E-state index contributed by atoms with van der Waals surface area (Å²) in [6, 6.07) is 80.0. The van der Waals surface area contributed by atoms with Crippen molar-refractivity contribution in [1.82, 2.24) is 24.1 Å². The number of para-hydroxylation sites is 2. The molecule has 0 spiro atoms. The molecule has 3 aromatic heterocycles. The molecule has 9 aromatic carbocycles. The molecule has 0 radical (unpaired) electrons. The molecule has 0 fully saturated rings. The fourth-order valence-electron chi connectivity index (χ4n) is 10.9. The monoisotopic (exact) mass is 882 g/mol. The summed E-state index contributed by atoms with van der Waals surface area (Å²) in [6.45, 7) is 0. The number of fused-ring (bicyclic) bond motifs is 9. The highest BCUT2D eigenvalue weighted by molar-refractivity contribution is 6.12. The van der Waals surface area contributed by atoms with Gasteiger partial charge in [0, 0.05) is 55.7 Å². The zero-order chi connectivity index (χ0) is 45.4. The Kier molecular flexibility index (Phi) is 8.92. The number of allylic oxidation sites excluding steroid dienone is 2. The van der Waals surface area contributed by atoms with Crippen LogP contribution in [-0.4, -0.2) is 30.1 Å². The van der Waals surface area contributed by atoms with Crippen LogP contribution in [0.3, 0.4) is 0 Å². The molecule has 6 nitrogen and oxygen atoms in total. The molecule has 12 aromatic rings. The van der Waals surface area contributed by atoms with Crippen molar-refractivity contribution in [1.29, 1.82) is 0 Å². The van der Waals surface area contributed by atoms with Gasteiger partial charge in [-0.25, -0.2) is 4.98 Å². The van der Waals surface area contributed by atoms with Crippen LogP contribution in [0.1, 0.15) is 11.5 Å². The molecular formula is C63H42N6. The Morgan fingerprint density at radius 1 is 0.362 bits per heavy atom. The largest absolute Gasteiger partial charge is 0.310 e. The summed E-state index contributed by atoms with van der Waals surface area (Å²) in [5.74, 6) is 1.82. The van der Waals surface area contributed by atoms with Gasteiger partial charge in [0.1, 0.15) is 0 Å². The Morgan fingerprint density at radius 2 is 0.841 bits per heavy atom. The summed E-state index contributed by atoms with van der Waals surface area (Å²) in [5, 5.41) is 4.91. The Bertz CT molecular complexity index is 3960. The second kappa shape index (κ2) is 15.8. The van der Waals surface area contributed by atoms with Crippen LogP contribution in [0.25, 0.3) is 100 Å². The molecule has 14 rings (SSSR count). The predicted octanol–water partition coefficient (Wildman–Crippen LogP) is 15.5. The fourth-order valence-corrected chi connectivity index (χ4v) is 10.9. The minimum Gasteiger partial charge on any atom is -0.310 e. The average molecular weight is 883 g/mol. The van der Waals surface area contributed by atoms with Crippen molar-refractivity contribution in [2.45, 2.75) is 12.0 Å². The van der Waals surface area contributed by atoms with E-state index in [1.807, 2.05) is 36.4 Å². The lowest BCUT2D eigenvalue weighted by molar-refractivity contribution is 0.727. The minimum absolute atomic E-state index is 0.0569. The van der Waals surface area contributed by atoms with Crippen LogP contribution < -0.4 is 4.90 Å². The first kappa shape index (κ1) is 39.1. The molecule has 2 aliphatic rings. The van der Waals surface area contributed by atoms with Gasteiger partial charge in [0.2, 0.25) is 5.95 Å². The Balaban J connectivity index is 0.997. The highest BCUT2D eigenvalue weighted by atomic mass is 15.3. The van der Waals surface area contributed by atoms with Crippen LogP contribution in [0.15, 0.2) is 243 Å². The fraction of sp³-hybridized carbons (Fsp3) is 0.0317. The van der Waals surface area contributed by atoms with Crippen LogP contribution in [-0.2, 0) is 0 Å². The maximum Gasteiger partial charge on any atom is 0.234 e. The van der Waals surface area contributed by atoms with Crippen molar-refractivity contribution >= 4 is 60.9 Å². The maximum atomic E-state index is 5.32. The van der Waals surface area contributed by atoms with Crippen LogP contribution in [0.4, 0.5) is 11.6 Å². The maximum absolute atomic E-state index is 5.32. The standard InChI is InChI=1S/C63H42N6/c1-5-17-41(18-6-1)45-29-33-51-49-25-13-15-27-55(49)67(59(51)37-45)47-31-35-57-53(39-47)54-40-48(68-56-28-16-14-26-50(56)52-34-30-46(38-60(52)68)42-19-7-2-8-20-42)32-36-58(54)69(57)63-65-61(43-21-9-3-10-22-43)64-62(66-63)44-23-11-4-12-24-44/h1-40,53,57H. The van der Waals surface area contributed by atoms with Gasteiger partial charge in [0.15, 0.2) is 11.6 Å². The van der Waals surface area contributed by atoms with E-state index in [4.69, 9.17) is 15.0 Å². The van der Waals surface area contributed by atoms with Crippen LogP contribution in [0, 0.1) is 0 Å². The van der Waals surface area contributed by atoms with Crippen LogP contribution in [0.5, 0.6) is 0 Å². The molecule has 1 aliphatic carbocycles. The zero-order valence-corrected chi connectivity index (χ0v) is 37.4. The van der Waals surface area contributed by atoms with Gasteiger partial charge in [-0.3, -0.25) is 0 Å². The molecule has 4 heterocycles. The summed E-state index contributed by atoms with van der Waals surface area (Å²) in [5.41, 5.74) is 15.8. The Morgan fingerprint density at radius 3 is 1.41 bits per heavy atom. The number of nitrogens with zero attached hydrogens (tertiary/aromatic N) is 6. The van der Waals surface area contributed by atoms with E-state index in [1.54, 1.807) is 0 Å². The summed E-state index contributed by atoms with van der Waals surface area (Å²) in [7, 11) is 0. The topological polar surface area (TPSA) is 51.8 Å². The van der Waals surface area contributed by atoms with Crippen molar-refractivity contribution in [2.24, 2.45) is 0 Å². The first-order valence-corrected chi connectivity index (χ1v) is 23.6. The van der Waals surface area contributed by atoms with E-state index in [9.17, 15) is 0 Å². The van der Waals surface area contributed by atoms with E-state index in [0.29, 0.717) is 17.6 Å². The molecule has 6 heteroatoms. The summed E-state index contributed by atoms with van der Waals surface area (Å²) >= 11 is 0. The third kappa shape index (κ3) is 6.37. The normalized spacial score (nSPS) is 15.2. The van der Waals surface area contributed by atoms with Crippen molar-refractivity contribution in [3.8, 4) is 50.7 Å². The lowest BCUT2D eigenvalue weighted by Crippen LogP contribution is -2.31. The highest BCUT2D eigenvalue weighted by Gasteiger charge is 2.41. The van der Waals surface area contributed by atoms with Crippen molar-refractivity contribution in [2.75, 3.05) is 4.90 Å². The molecule has 1 aliphatic heterocycles. The first-order chi connectivity index (χ1) is 34.2. The summed E-state index contributed by atoms with van der Waals surface area (Å²) in [4.78, 5) is 18.1. The number of benzene rings is 9. The molecule has 2 atom stereocenters. The van der Waals surface area contributed by atoms with E-state index >= 15 is 0 Å². The smallest absolute Gasteiger partial charge is 0.234 e. The van der Waals surface area contributed by atoms with Gasteiger partial charge in [-0.2, -0.15) is 9.97 Å². The van der Waals surface area contributed by atoms with Gasteiger partial charge in [0.25, 0.3) is 0 Å². The number of anilines is 2. The molecule has 2 unspecified atom stereocenters.